The fourth-order valence-electron chi connectivity index (χ4n) is 2.03. The number of amides is 1. The van der Waals surface area contributed by atoms with Crippen LogP contribution in [-0.4, -0.2) is 18.7 Å². The number of nitrogens with one attached hydrogen (secondary N) is 2. The summed E-state index contributed by atoms with van der Waals surface area (Å²) in [6.45, 7) is 5.91. The van der Waals surface area contributed by atoms with Crippen LogP contribution >= 0.6 is 0 Å². The smallest absolute Gasteiger partial charge is 0.220 e. The fraction of sp³-hybridized carbons (Fsp3) is 0.368. The van der Waals surface area contributed by atoms with E-state index in [0.717, 1.165) is 12.2 Å². The molecule has 0 unspecified atom stereocenters. The van der Waals surface area contributed by atoms with Crippen molar-refractivity contribution < 1.29 is 9.53 Å². The van der Waals surface area contributed by atoms with Gasteiger partial charge in [0.25, 0.3) is 0 Å². The molecule has 1 aromatic rings. The van der Waals surface area contributed by atoms with Gasteiger partial charge in [-0.2, -0.15) is 0 Å². The van der Waals surface area contributed by atoms with Crippen molar-refractivity contribution in [2.24, 2.45) is 0 Å². The number of rotatable bonds is 6. The number of hydrogen-bond donors (Lipinski definition) is 2. The lowest BCUT2D eigenvalue weighted by Gasteiger charge is -2.14. The summed E-state index contributed by atoms with van der Waals surface area (Å²) in [5.41, 5.74) is 2.46. The van der Waals surface area contributed by atoms with E-state index in [1.54, 1.807) is 18.5 Å². The first kappa shape index (κ1) is 18.7. The minimum absolute atomic E-state index is 0.0295. The van der Waals surface area contributed by atoms with Gasteiger partial charge in [0.15, 0.2) is 0 Å². The molecule has 2 N–H and O–H groups in total. The van der Waals surface area contributed by atoms with Gasteiger partial charge in [-0.3, -0.25) is 4.79 Å². The summed E-state index contributed by atoms with van der Waals surface area (Å²) in [5, 5.41) is 9.53. The molecule has 4 heteroatoms. The van der Waals surface area contributed by atoms with Gasteiger partial charge < -0.3 is 15.5 Å². The summed E-state index contributed by atoms with van der Waals surface area (Å²) in [7, 11) is 0. The van der Waals surface area contributed by atoms with Crippen LogP contribution in [0.25, 0.3) is 0 Å². The third kappa shape index (κ3) is 6.96. The summed E-state index contributed by atoms with van der Waals surface area (Å²) in [5.74, 6) is -0.0295. The third-order valence-electron chi connectivity index (χ3n) is 3.55. The third-order valence-corrected chi connectivity index (χ3v) is 3.55. The van der Waals surface area contributed by atoms with Crippen LogP contribution in [0, 0.1) is 5.41 Å². The summed E-state index contributed by atoms with van der Waals surface area (Å²) in [6, 6.07) is 10.5. The molecular weight excluding hydrogens is 288 g/mol. The zero-order valence-electron chi connectivity index (χ0n) is 14.1. The quantitative estimate of drug-likeness (QED) is 0.617. The highest BCUT2D eigenvalue weighted by atomic mass is 16.5. The van der Waals surface area contributed by atoms with Gasteiger partial charge in [0, 0.05) is 24.1 Å². The topological polar surface area (TPSA) is 62.2 Å². The Morgan fingerprint density at radius 3 is 2.39 bits per heavy atom. The maximum Gasteiger partial charge on any atom is 0.220 e. The minimum atomic E-state index is -0.0295. The lowest BCUT2D eigenvalue weighted by atomic mass is 9.97. The predicted octanol–water partition coefficient (Wildman–Crippen LogP) is 3.94. The molecule has 0 spiro atoms. The van der Waals surface area contributed by atoms with Crippen LogP contribution in [0.4, 0.5) is 0 Å². The Balaban J connectivity index is 0.000000322. The normalized spacial score (nSPS) is 15.3. The molecule has 1 fully saturated rings. The monoisotopic (exact) mass is 314 g/mol. The molecule has 4 nitrogen and oxygen atoms in total. The number of benzene rings is 1. The standard InChI is InChI=1S/C14H17NO.C5H9NO/c1-12(9-15)10-16-11-14(7-8-14)13-5-3-2-4-6-13;1-3-4-6-5(2)7/h2-6,9-10,15H,7-8,11H2,1H3;3-4H,1-2H3,(H,6,7)/b12-10+,15-9?;4-3+. The average molecular weight is 314 g/mol. The van der Waals surface area contributed by atoms with Crippen molar-refractivity contribution in [3.05, 3.63) is 60.0 Å². The zero-order valence-corrected chi connectivity index (χ0v) is 14.1. The van der Waals surface area contributed by atoms with Crippen molar-refractivity contribution in [3.63, 3.8) is 0 Å². The second kappa shape index (κ2) is 9.62. The average Bonchev–Trinajstić information content (AvgIpc) is 3.35. The highest BCUT2D eigenvalue weighted by Crippen LogP contribution is 2.48. The van der Waals surface area contributed by atoms with Gasteiger partial charge in [-0.15, -0.1) is 0 Å². The van der Waals surface area contributed by atoms with E-state index in [4.69, 9.17) is 10.1 Å². The molecule has 2 rings (SSSR count). The van der Waals surface area contributed by atoms with Crippen molar-refractivity contribution in [2.45, 2.75) is 39.0 Å². The second-order valence-electron chi connectivity index (χ2n) is 5.66. The van der Waals surface area contributed by atoms with E-state index in [9.17, 15) is 4.79 Å². The molecular formula is C19H26N2O2. The Morgan fingerprint density at radius 2 is 1.96 bits per heavy atom. The molecule has 1 amide bonds. The van der Waals surface area contributed by atoms with Gasteiger partial charge in [0.05, 0.1) is 12.9 Å². The van der Waals surface area contributed by atoms with Crippen LogP contribution < -0.4 is 5.32 Å². The highest BCUT2D eigenvalue weighted by molar-refractivity contribution is 5.74. The van der Waals surface area contributed by atoms with Crippen LogP contribution in [0.3, 0.4) is 0 Å². The van der Waals surface area contributed by atoms with Gasteiger partial charge >= 0.3 is 0 Å². The van der Waals surface area contributed by atoms with Crippen LogP contribution in [0.15, 0.2) is 54.4 Å². The molecule has 0 aliphatic heterocycles. The number of allylic oxidation sites excluding steroid dienone is 2. The maximum absolute atomic E-state index is 10.0. The SMILES string of the molecule is C/C(C=N)=C\OCC1(c2ccccc2)CC1.C/C=C/NC(C)=O. The van der Waals surface area contributed by atoms with Crippen molar-refractivity contribution in [1.29, 1.82) is 5.41 Å². The number of carbonyl (C=O) groups is 1. The predicted molar refractivity (Wildman–Crippen MR) is 94.5 cm³/mol. The van der Waals surface area contributed by atoms with E-state index < -0.39 is 0 Å². The van der Waals surface area contributed by atoms with Crippen LogP contribution in [0.5, 0.6) is 0 Å². The van der Waals surface area contributed by atoms with E-state index in [2.05, 4.69) is 29.6 Å². The molecule has 1 aromatic carbocycles. The highest BCUT2D eigenvalue weighted by Gasteiger charge is 2.44. The summed E-state index contributed by atoms with van der Waals surface area (Å²) >= 11 is 0. The number of carbonyl (C=O) groups excluding carboxylic acids is 1. The van der Waals surface area contributed by atoms with Crippen molar-refractivity contribution in [1.82, 2.24) is 5.32 Å². The van der Waals surface area contributed by atoms with Gasteiger partial charge in [0.2, 0.25) is 5.91 Å². The van der Waals surface area contributed by atoms with Gasteiger partial charge in [-0.1, -0.05) is 36.4 Å². The first-order chi connectivity index (χ1) is 11.0. The minimum Gasteiger partial charge on any atom is -0.500 e. The molecule has 0 saturated heterocycles. The van der Waals surface area contributed by atoms with E-state index in [1.165, 1.54) is 31.5 Å². The molecule has 0 heterocycles. The Kier molecular flexibility index (Phi) is 7.81. The molecule has 1 saturated carbocycles. The maximum atomic E-state index is 10.0. The van der Waals surface area contributed by atoms with E-state index in [0.29, 0.717) is 0 Å². The zero-order chi connectivity index (χ0) is 17.1. The molecule has 23 heavy (non-hydrogen) atoms. The molecule has 1 aliphatic carbocycles. The van der Waals surface area contributed by atoms with Gasteiger partial charge in [-0.05, 0) is 38.5 Å². The molecule has 124 valence electrons. The summed E-state index contributed by atoms with van der Waals surface area (Å²) < 4.78 is 5.55. The largest absolute Gasteiger partial charge is 0.500 e. The van der Waals surface area contributed by atoms with Gasteiger partial charge in [-0.25, -0.2) is 0 Å². The van der Waals surface area contributed by atoms with Crippen molar-refractivity contribution in [2.75, 3.05) is 6.61 Å². The Morgan fingerprint density at radius 1 is 1.30 bits per heavy atom. The Bertz CT molecular complexity index is 558. The fourth-order valence-corrected chi connectivity index (χ4v) is 2.03. The van der Waals surface area contributed by atoms with E-state index in [1.807, 2.05) is 19.9 Å². The molecule has 0 aromatic heterocycles. The summed E-state index contributed by atoms with van der Waals surface area (Å²) in [6.07, 6.45) is 8.75. The second-order valence-corrected chi connectivity index (χ2v) is 5.66. The first-order valence-electron chi connectivity index (χ1n) is 7.77. The Labute approximate surface area is 138 Å². The molecule has 1 aliphatic rings. The lowest BCUT2D eigenvalue weighted by Crippen LogP contribution is -2.13. The number of hydrogen-bond acceptors (Lipinski definition) is 3. The van der Waals surface area contributed by atoms with Gasteiger partial charge in [0.1, 0.15) is 0 Å². The van der Waals surface area contributed by atoms with E-state index in [-0.39, 0.29) is 11.3 Å². The van der Waals surface area contributed by atoms with Crippen LogP contribution in [-0.2, 0) is 14.9 Å². The molecule has 0 radical (unpaired) electrons. The molecule has 0 atom stereocenters. The van der Waals surface area contributed by atoms with Crippen molar-refractivity contribution in [3.8, 4) is 0 Å². The Hall–Kier alpha value is -2.36. The van der Waals surface area contributed by atoms with Crippen LogP contribution in [0.1, 0.15) is 39.2 Å². The molecule has 0 bridgehead atoms. The van der Waals surface area contributed by atoms with Crippen molar-refractivity contribution >= 4 is 12.1 Å². The first-order valence-corrected chi connectivity index (χ1v) is 7.77. The lowest BCUT2D eigenvalue weighted by molar-refractivity contribution is -0.118. The van der Waals surface area contributed by atoms with E-state index >= 15 is 0 Å². The van der Waals surface area contributed by atoms with Crippen LogP contribution in [0.2, 0.25) is 0 Å². The number of ether oxygens (including phenoxy) is 1. The summed E-state index contributed by atoms with van der Waals surface area (Å²) in [4.78, 5) is 10.0.